The maximum atomic E-state index is 13.4. The fourth-order valence-corrected chi connectivity index (χ4v) is 5.00. The lowest BCUT2D eigenvalue weighted by Crippen LogP contribution is -2.47. The number of carbonyl (C=O) groups is 2. The first kappa shape index (κ1) is 17.4. The smallest absolute Gasteiger partial charge is 0.227 e. The normalized spacial score (nSPS) is 26.4. The molecular weight excluding hydrogens is 329 g/mol. The summed E-state index contributed by atoms with van der Waals surface area (Å²) in [6.07, 6.45) is 5.93. The highest BCUT2D eigenvalue weighted by molar-refractivity contribution is 6.02. The Morgan fingerprint density at radius 3 is 2.35 bits per heavy atom. The predicted molar refractivity (Wildman–Crippen MR) is 97.9 cm³/mol. The van der Waals surface area contributed by atoms with Crippen molar-refractivity contribution in [1.82, 2.24) is 4.90 Å². The van der Waals surface area contributed by atoms with Crippen LogP contribution >= 0.6 is 0 Å². The third-order valence-electron chi connectivity index (χ3n) is 6.15. The number of ketones is 1. The minimum atomic E-state index is -0.297. The molecule has 1 saturated carbocycles. The number of allylic oxidation sites excluding steroid dienone is 2. The zero-order valence-corrected chi connectivity index (χ0v) is 15.6. The Morgan fingerprint density at radius 1 is 1.04 bits per heavy atom. The molecule has 1 aliphatic heterocycles. The largest absolute Gasteiger partial charge is 0.313 e. The molecule has 1 amide bonds. The molecule has 1 aromatic rings. The van der Waals surface area contributed by atoms with Crippen LogP contribution in [-0.2, 0) is 9.59 Å². The highest BCUT2D eigenvalue weighted by atomic mass is 19.1. The fourth-order valence-electron chi connectivity index (χ4n) is 5.00. The second-order valence-corrected chi connectivity index (χ2v) is 8.81. The molecule has 0 unspecified atom stereocenters. The van der Waals surface area contributed by atoms with Crippen LogP contribution < -0.4 is 0 Å². The Labute approximate surface area is 154 Å². The highest BCUT2D eigenvalue weighted by Gasteiger charge is 2.45. The summed E-state index contributed by atoms with van der Waals surface area (Å²) in [5.74, 6) is -0.260. The van der Waals surface area contributed by atoms with E-state index in [9.17, 15) is 14.0 Å². The van der Waals surface area contributed by atoms with Crippen molar-refractivity contribution < 1.29 is 14.0 Å². The molecule has 0 spiro atoms. The van der Waals surface area contributed by atoms with Crippen molar-refractivity contribution in [2.45, 2.75) is 70.8 Å². The first-order valence-electron chi connectivity index (χ1n) is 9.69. The summed E-state index contributed by atoms with van der Waals surface area (Å²) in [5, 5.41) is 0. The minimum absolute atomic E-state index is 0.121. The summed E-state index contributed by atoms with van der Waals surface area (Å²) >= 11 is 0. The van der Waals surface area contributed by atoms with Crippen molar-refractivity contribution in [3.63, 3.8) is 0 Å². The molecule has 0 aromatic heterocycles. The van der Waals surface area contributed by atoms with E-state index in [1.165, 1.54) is 12.1 Å². The standard InChI is InChI=1S/C22H26FNO2/c1-22(2)12-18-21(19(25)13-22)17(14-7-9-15(23)10-8-14)11-20(26)24(18)16-5-3-4-6-16/h7-10,16-17H,3-6,11-13H2,1-2H3/t17-/m0/s1. The Hall–Kier alpha value is -1.97. The van der Waals surface area contributed by atoms with E-state index in [4.69, 9.17) is 0 Å². The monoisotopic (exact) mass is 355 g/mol. The van der Waals surface area contributed by atoms with Crippen molar-refractivity contribution in [2.75, 3.05) is 0 Å². The van der Waals surface area contributed by atoms with E-state index in [0.29, 0.717) is 12.8 Å². The predicted octanol–water partition coefficient (Wildman–Crippen LogP) is 4.73. The van der Waals surface area contributed by atoms with Gasteiger partial charge in [0.25, 0.3) is 0 Å². The molecule has 3 aliphatic rings. The maximum absolute atomic E-state index is 13.4. The first-order chi connectivity index (χ1) is 12.4. The molecule has 4 heteroatoms. The average Bonchev–Trinajstić information content (AvgIpc) is 3.07. The molecule has 1 heterocycles. The minimum Gasteiger partial charge on any atom is -0.313 e. The van der Waals surface area contributed by atoms with E-state index in [0.717, 1.165) is 48.9 Å². The molecule has 0 radical (unpaired) electrons. The number of nitrogens with zero attached hydrogens (tertiary/aromatic N) is 1. The average molecular weight is 355 g/mol. The summed E-state index contributed by atoms with van der Waals surface area (Å²) in [7, 11) is 0. The van der Waals surface area contributed by atoms with Gasteiger partial charge in [-0.05, 0) is 42.4 Å². The molecule has 26 heavy (non-hydrogen) atoms. The highest BCUT2D eigenvalue weighted by Crippen LogP contribution is 2.48. The molecule has 0 bridgehead atoms. The first-order valence-corrected chi connectivity index (χ1v) is 9.69. The van der Waals surface area contributed by atoms with E-state index in [-0.39, 0.29) is 34.9 Å². The Bertz CT molecular complexity index is 772. The van der Waals surface area contributed by atoms with Gasteiger partial charge in [0.05, 0.1) is 0 Å². The molecular formula is C22H26FNO2. The third kappa shape index (κ3) is 3.00. The van der Waals surface area contributed by atoms with Gasteiger partial charge in [0.15, 0.2) is 5.78 Å². The van der Waals surface area contributed by atoms with Crippen LogP contribution in [0.2, 0.25) is 0 Å². The SMILES string of the molecule is CC1(C)CC(=O)C2=C(C1)N(C1CCCC1)C(=O)C[C@H]2c1ccc(F)cc1. The zero-order valence-electron chi connectivity index (χ0n) is 15.6. The molecule has 0 saturated heterocycles. The van der Waals surface area contributed by atoms with Gasteiger partial charge in [0, 0.05) is 36.1 Å². The van der Waals surface area contributed by atoms with Crippen LogP contribution in [0.15, 0.2) is 35.5 Å². The van der Waals surface area contributed by atoms with Gasteiger partial charge in [-0.25, -0.2) is 4.39 Å². The number of hydrogen-bond donors (Lipinski definition) is 0. The van der Waals surface area contributed by atoms with Crippen LogP contribution in [0.25, 0.3) is 0 Å². The van der Waals surface area contributed by atoms with Crippen molar-refractivity contribution in [2.24, 2.45) is 5.41 Å². The van der Waals surface area contributed by atoms with Gasteiger partial charge in [0.1, 0.15) is 5.82 Å². The second kappa shape index (κ2) is 6.33. The van der Waals surface area contributed by atoms with E-state index in [1.54, 1.807) is 12.1 Å². The number of rotatable bonds is 2. The number of Topliss-reactive ketones (excluding diaryl/α,β-unsaturated/α-hetero) is 1. The lowest BCUT2D eigenvalue weighted by molar-refractivity contribution is -0.133. The maximum Gasteiger partial charge on any atom is 0.227 e. The lowest BCUT2D eigenvalue weighted by Gasteiger charge is -2.45. The molecule has 138 valence electrons. The number of benzene rings is 1. The molecule has 1 fully saturated rings. The molecule has 1 aromatic carbocycles. The molecule has 4 rings (SSSR count). The zero-order chi connectivity index (χ0) is 18.5. The van der Waals surface area contributed by atoms with Gasteiger partial charge in [-0.3, -0.25) is 9.59 Å². The summed E-state index contributed by atoms with van der Waals surface area (Å²) in [6.45, 7) is 4.21. The Morgan fingerprint density at radius 2 is 1.69 bits per heavy atom. The van der Waals surface area contributed by atoms with E-state index in [1.807, 2.05) is 4.90 Å². The molecule has 3 nitrogen and oxygen atoms in total. The van der Waals surface area contributed by atoms with Gasteiger partial charge >= 0.3 is 0 Å². The number of hydrogen-bond acceptors (Lipinski definition) is 2. The van der Waals surface area contributed by atoms with Gasteiger partial charge in [-0.15, -0.1) is 0 Å². The van der Waals surface area contributed by atoms with Gasteiger partial charge in [-0.1, -0.05) is 38.8 Å². The van der Waals surface area contributed by atoms with E-state index < -0.39 is 0 Å². The van der Waals surface area contributed by atoms with Gasteiger partial charge in [0.2, 0.25) is 5.91 Å². The topological polar surface area (TPSA) is 37.4 Å². The Balaban J connectivity index is 1.82. The fraction of sp³-hybridized carbons (Fsp3) is 0.545. The number of amides is 1. The summed E-state index contributed by atoms with van der Waals surface area (Å²) in [5.41, 5.74) is 2.50. The van der Waals surface area contributed by atoms with Crippen LogP contribution in [0.5, 0.6) is 0 Å². The van der Waals surface area contributed by atoms with E-state index in [2.05, 4.69) is 13.8 Å². The summed E-state index contributed by atoms with van der Waals surface area (Å²) in [4.78, 5) is 28.2. The van der Waals surface area contributed by atoms with Crippen molar-refractivity contribution in [3.8, 4) is 0 Å². The van der Waals surface area contributed by atoms with Crippen LogP contribution in [0.4, 0.5) is 4.39 Å². The van der Waals surface area contributed by atoms with Crippen molar-refractivity contribution >= 4 is 11.7 Å². The molecule has 0 N–H and O–H groups in total. The number of halogens is 1. The van der Waals surface area contributed by atoms with Gasteiger partial charge < -0.3 is 4.90 Å². The second-order valence-electron chi connectivity index (χ2n) is 8.81. The van der Waals surface area contributed by atoms with Crippen LogP contribution in [-0.4, -0.2) is 22.6 Å². The van der Waals surface area contributed by atoms with Crippen LogP contribution in [0.3, 0.4) is 0 Å². The van der Waals surface area contributed by atoms with Crippen molar-refractivity contribution in [1.29, 1.82) is 0 Å². The van der Waals surface area contributed by atoms with Gasteiger partial charge in [-0.2, -0.15) is 0 Å². The Kier molecular flexibility index (Phi) is 4.25. The van der Waals surface area contributed by atoms with Crippen LogP contribution in [0.1, 0.15) is 70.3 Å². The van der Waals surface area contributed by atoms with E-state index >= 15 is 0 Å². The summed E-state index contributed by atoms with van der Waals surface area (Å²) in [6, 6.07) is 6.51. The van der Waals surface area contributed by atoms with Crippen LogP contribution in [0, 0.1) is 11.2 Å². The number of carbonyl (C=O) groups excluding carboxylic acids is 2. The third-order valence-corrected chi connectivity index (χ3v) is 6.15. The quantitative estimate of drug-likeness (QED) is 0.769. The lowest BCUT2D eigenvalue weighted by atomic mass is 9.69. The van der Waals surface area contributed by atoms with Crippen molar-refractivity contribution in [3.05, 3.63) is 46.9 Å². The molecule has 1 atom stereocenters. The molecule has 2 aliphatic carbocycles. The summed E-state index contributed by atoms with van der Waals surface area (Å²) < 4.78 is 13.4.